The molecule has 0 aromatic carbocycles. The summed E-state index contributed by atoms with van der Waals surface area (Å²) in [6.45, 7) is 14.0. The normalized spacial score (nSPS) is 14.6. The Kier molecular flexibility index (Phi) is 56.6. The molecule has 19 heteroatoms. The summed E-state index contributed by atoms with van der Waals surface area (Å²) in [6.07, 6.45) is 39.1. The molecular weight excluding hydrogens is 1150 g/mol. The standard InChI is InChI=1S/C68H132O17P2/c1-9-61(8)47-39-31-26-27-35-43-51-68(73)85-64(55-79-66(71)49-41-33-24-18-17-21-29-37-45-59(4)5)57-83-87(76,77)81-53-62(69)52-80-86(74,75)82-56-63(84-67(72)50-42-34-25-19-22-30-38-46-60(6)7)54-78-65(70)48-40-32-23-16-14-12-10-11-13-15-20-28-36-44-58(2)3/h58-64,69H,9-57H2,1-8H3,(H,74,75)(H,76,77)/t61?,62?,63-,64-/m1/s1. The maximum absolute atomic E-state index is 13.0. The van der Waals surface area contributed by atoms with Crippen LogP contribution in [0.4, 0.5) is 0 Å². The van der Waals surface area contributed by atoms with Crippen molar-refractivity contribution >= 4 is 39.5 Å². The number of hydrogen-bond acceptors (Lipinski definition) is 15. The first-order valence-electron chi connectivity index (χ1n) is 35.2. The fraction of sp³-hybridized carbons (Fsp3) is 0.941. The lowest BCUT2D eigenvalue weighted by molar-refractivity contribution is -0.161. The van der Waals surface area contributed by atoms with E-state index < -0.39 is 97.5 Å². The molecule has 0 amide bonds. The van der Waals surface area contributed by atoms with Crippen LogP contribution in [0.3, 0.4) is 0 Å². The van der Waals surface area contributed by atoms with Crippen LogP contribution in [0, 0.1) is 23.7 Å². The number of carbonyl (C=O) groups excluding carboxylic acids is 4. The first-order valence-corrected chi connectivity index (χ1v) is 38.2. The van der Waals surface area contributed by atoms with Crippen molar-refractivity contribution in [3.8, 4) is 0 Å². The third-order valence-corrected chi connectivity index (χ3v) is 17.8. The molecule has 4 unspecified atom stereocenters. The van der Waals surface area contributed by atoms with Gasteiger partial charge in [-0.05, 0) is 49.4 Å². The molecular formula is C68H132O17P2. The van der Waals surface area contributed by atoms with Crippen LogP contribution in [-0.4, -0.2) is 96.7 Å². The number of ether oxygens (including phenoxy) is 4. The maximum atomic E-state index is 13.0. The van der Waals surface area contributed by atoms with Crippen molar-refractivity contribution in [2.24, 2.45) is 23.7 Å². The van der Waals surface area contributed by atoms with Crippen LogP contribution in [0.25, 0.3) is 0 Å². The zero-order chi connectivity index (χ0) is 64.7. The fourth-order valence-electron chi connectivity index (χ4n) is 10.1. The van der Waals surface area contributed by atoms with Gasteiger partial charge >= 0.3 is 39.5 Å². The lowest BCUT2D eigenvalue weighted by Crippen LogP contribution is -2.30. The van der Waals surface area contributed by atoms with Gasteiger partial charge in [0, 0.05) is 25.7 Å². The Bertz CT molecular complexity index is 1730. The van der Waals surface area contributed by atoms with Gasteiger partial charge in [-0.2, -0.15) is 0 Å². The molecule has 0 saturated heterocycles. The third-order valence-electron chi connectivity index (χ3n) is 15.9. The summed E-state index contributed by atoms with van der Waals surface area (Å²) >= 11 is 0. The molecule has 6 atom stereocenters. The first-order chi connectivity index (χ1) is 41.6. The van der Waals surface area contributed by atoms with E-state index in [0.29, 0.717) is 31.6 Å². The highest BCUT2D eigenvalue weighted by atomic mass is 31.2. The van der Waals surface area contributed by atoms with Crippen LogP contribution < -0.4 is 0 Å². The number of phosphoric acid groups is 2. The van der Waals surface area contributed by atoms with E-state index in [1.54, 1.807) is 0 Å². The van der Waals surface area contributed by atoms with Crippen molar-refractivity contribution in [1.82, 2.24) is 0 Å². The fourth-order valence-corrected chi connectivity index (χ4v) is 11.7. The van der Waals surface area contributed by atoms with Crippen molar-refractivity contribution < 1.29 is 80.2 Å². The quantitative estimate of drug-likeness (QED) is 0.0222. The number of carbonyl (C=O) groups is 4. The molecule has 0 aromatic heterocycles. The zero-order valence-electron chi connectivity index (χ0n) is 56.6. The number of hydrogen-bond donors (Lipinski definition) is 3. The Morgan fingerprint density at radius 3 is 0.816 bits per heavy atom. The number of rotatable bonds is 65. The van der Waals surface area contributed by atoms with Gasteiger partial charge < -0.3 is 33.8 Å². The van der Waals surface area contributed by atoms with Gasteiger partial charge in [-0.15, -0.1) is 0 Å². The molecule has 17 nitrogen and oxygen atoms in total. The number of aliphatic hydroxyl groups excluding tert-OH is 1. The van der Waals surface area contributed by atoms with Crippen LogP contribution >= 0.6 is 15.6 Å². The van der Waals surface area contributed by atoms with E-state index in [0.717, 1.165) is 108 Å². The molecule has 3 N–H and O–H groups in total. The predicted octanol–water partition coefficient (Wildman–Crippen LogP) is 18.9. The Morgan fingerprint density at radius 1 is 0.322 bits per heavy atom. The van der Waals surface area contributed by atoms with Crippen molar-refractivity contribution in [2.75, 3.05) is 39.6 Å². The minimum Gasteiger partial charge on any atom is -0.462 e. The second kappa shape index (κ2) is 57.9. The Hall–Kier alpha value is -1.94. The highest BCUT2D eigenvalue weighted by Crippen LogP contribution is 2.45. The minimum absolute atomic E-state index is 0.102. The molecule has 0 aromatic rings. The summed E-state index contributed by atoms with van der Waals surface area (Å²) in [5, 5.41) is 10.6. The Morgan fingerprint density at radius 2 is 0.552 bits per heavy atom. The van der Waals surface area contributed by atoms with Gasteiger partial charge in [-0.3, -0.25) is 37.3 Å². The van der Waals surface area contributed by atoms with E-state index in [-0.39, 0.29) is 25.7 Å². The summed E-state index contributed by atoms with van der Waals surface area (Å²) in [5.41, 5.74) is 0. The van der Waals surface area contributed by atoms with Crippen molar-refractivity contribution in [3.63, 3.8) is 0 Å². The molecule has 0 aliphatic heterocycles. The third kappa shape index (κ3) is 61.3. The predicted molar refractivity (Wildman–Crippen MR) is 349 cm³/mol. The largest absolute Gasteiger partial charge is 0.472 e. The van der Waals surface area contributed by atoms with Gasteiger partial charge in [0.15, 0.2) is 12.2 Å². The molecule has 0 radical (unpaired) electrons. The SMILES string of the molecule is CCC(C)CCCCCCCCC(=O)O[C@H](COC(=O)CCCCCCCCCCC(C)C)COP(=O)(O)OCC(O)COP(=O)(O)OC[C@@H](COC(=O)CCCCCCCCCCCCCCCC(C)C)OC(=O)CCCCCCCCCC(C)C. The second-order valence-electron chi connectivity index (χ2n) is 26.2. The molecule has 0 heterocycles. The lowest BCUT2D eigenvalue weighted by Gasteiger charge is -2.21. The van der Waals surface area contributed by atoms with Gasteiger partial charge in [0.1, 0.15) is 19.3 Å². The lowest BCUT2D eigenvalue weighted by atomic mass is 10.00. The van der Waals surface area contributed by atoms with Gasteiger partial charge in [-0.1, -0.05) is 280 Å². The highest BCUT2D eigenvalue weighted by molar-refractivity contribution is 7.47. The first kappa shape index (κ1) is 85.1. The van der Waals surface area contributed by atoms with Crippen LogP contribution in [0.2, 0.25) is 0 Å². The summed E-state index contributed by atoms with van der Waals surface area (Å²) in [7, 11) is -9.90. The summed E-state index contributed by atoms with van der Waals surface area (Å²) in [4.78, 5) is 72.4. The summed E-state index contributed by atoms with van der Waals surface area (Å²) < 4.78 is 68.1. The van der Waals surface area contributed by atoms with Gasteiger partial charge in [0.05, 0.1) is 26.4 Å². The van der Waals surface area contributed by atoms with Crippen LogP contribution in [0.15, 0.2) is 0 Å². The molecule has 0 saturated carbocycles. The van der Waals surface area contributed by atoms with E-state index in [1.807, 2.05) is 0 Å². The molecule has 87 heavy (non-hydrogen) atoms. The number of unbranched alkanes of at least 4 members (excludes halogenated alkanes) is 30. The monoisotopic (exact) mass is 1280 g/mol. The molecule has 516 valence electrons. The summed E-state index contributed by atoms with van der Waals surface area (Å²) in [6, 6.07) is 0. The maximum Gasteiger partial charge on any atom is 0.472 e. The van der Waals surface area contributed by atoms with E-state index in [1.165, 1.54) is 135 Å². The summed E-state index contributed by atoms with van der Waals surface area (Å²) in [5.74, 6) is 0.796. The van der Waals surface area contributed by atoms with E-state index in [2.05, 4.69) is 55.4 Å². The average molecular weight is 1280 g/mol. The highest BCUT2D eigenvalue weighted by Gasteiger charge is 2.30. The molecule has 0 bridgehead atoms. The molecule has 0 fully saturated rings. The second-order valence-corrected chi connectivity index (χ2v) is 29.1. The van der Waals surface area contributed by atoms with Crippen molar-refractivity contribution in [2.45, 2.75) is 350 Å². The molecule has 0 aliphatic carbocycles. The van der Waals surface area contributed by atoms with Crippen LogP contribution in [0.1, 0.15) is 331 Å². The smallest absolute Gasteiger partial charge is 0.462 e. The average Bonchev–Trinajstić information content (AvgIpc) is 3.65. The number of aliphatic hydroxyl groups is 1. The minimum atomic E-state index is -4.95. The zero-order valence-corrected chi connectivity index (χ0v) is 58.4. The molecule has 0 aliphatic rings. The van der Waals surface area contributed by atoms with E-state index in [9.17, 15) is 43.2 Å². The van der Waals surface area contributed by atoms with Gasteiger partial charge in [0.2, 0.25) is 0 Å². The van der Waals surface area contributed by atoms with Crippen LogP contribution in [-0.2, 0) is 65.4 Å². The van der Waals surface area contributed by atoms with E-state index >= 15 is 0 Å². The van der Waals surface area contributed by atoms with Gasteiger partial charge in [-0.25, -0.2) is 9.13 Å². The Balaban J connectivity index is 5.21. The van der Waals surface area contributed by atoms with Crippen molar-refractivity contribution in [3.05, 3.63) is 0 Å². The van der Waals surface area contributed by atoms with E-state index in [4.69, 9.17) is 37.0 Å². The number of phosphoric ester groups is 2. The number of esters is 4. The van der Waals surface area contributed by atoms with Crippen LogP contribution in [0.5, 0.6) is 0 Å². The van der Waals surface area contributed by atoms with Gasteiger partial charge in [0.25, 0.3) is 0 Å². The topological polar surface area (TPSA) is 237 Å². The molecule has 0 rings (SSSR count). The Labute approximate surface area is 530 Å². The van der Waals surface area contributed by atoms with Crippen molar-refractivity contribution in [1.29, 1.82) is 0 Å². The molecule has 0 spiro atoms.